The highest BCUT2D eigenvalue weighted by atomic mass is 16.6. The minimum Gasteiger partial charge on any atom is -0.496 e. The number of carbonyl (C=O) groups is 1. The lowest BCUT2D eigenvalue weighted by Crippen LogP contribution is -2.12. The van der Waals surface area contributed by atoms with Gasteiger partial charge in [-0.3, -0.25) is 0 Å². The predicted octanol–water partition coefficient (Wildman–Crippen LogP) is 3.49. The summed E-state index contributed by atoms with van der Waals surface area (Å²) in [6.45, 7) is 1.97. The lowest BCUT2D eigenvalue weighted by Gasteiger charge is -2.05. The van der Waals surface area contributed by atoms with Crippen molar-refractivity contribution in [3.05, 3.63) is 35.0 Å². The van der Waals surface area contributed by atoms with E-state index in [1.165, 1.54) is 12.8 Å². The number of aliphatic imine (C=N–C) groups is 1. The van der Waals surface area contributed by atoms with Crippen molar-refractivity contribution in [1.29, 1.82) is 0 Å². The zero-order valence-electron chi connectivity index (χ0n) is 12.4. The highest BCUT2D eigenvalue weighted by Gasteiger charge is 2.30. The molecule has 21 heavy (non-hydrogen) atoms. The third-order valence-corrected chi connectivity index (χ3v) is 4.06. The molecular formula is C17H19NO3. The summed E-state index contributed by atoms with van der Waals surface area (Å²) < 4.78 is 10.6. The van der Waals surface area contributed by atoms with Crippen LogP contribution in [0.2, 0.25) is 0 Å². The van der Waals surface area contributed by atoms with Gasteiger partial charge in [-0.05, 0) is 49.1 Å². The summed E-state index contributed by atoms with van der Waals surface area (Å²) in [7, 11) is 1.65. The van der Waals surface area contributed by atoms with Crippen molar-refractivity contribution in [1.82, 2.24) is 0 Å². The van der Waals surface area contributed by atoms with Gasteiger partial charge in [0.05, 0.1) is 7.11 Å². The number of cyclic esters (lactones) is 1. The molecule has 1 fully saturated rings. The number of aryl methyl sites for hydroxylation is 1. The van der Waals surface area contributed by atoms with Gasteiger partial charge in [0.25, 0.3) is 0 Å². The van der Waals surface area contributed by atoms with Crippen LogP contribution in [0, 0.1) is 12.8 Å². The van der Waals surface area contributed by atoms with Crippen molar-refractivity contribution in [2.45, 2.75) is 32.6 Å². The second-order valence-corrected chi connectivity index (χ2v) is 5.58. The molecule has 0 aromatic heterocycles. The highest BCUT2D eigenvalue weighted by molar-refractivity contribution is 6.07. The lowest BCUT2D eigenvalue weighted by atomic mass is 10.1. The number of esters is 1. The van der Waals surface area contributed by atoms with Crippen molar-refractivity contribution in [2.24, 2.45) is 10.9 Å². The van der Waals surface area contributed by atoms with Gasteiger partial charge < -0.3 is 9.47 Å². The third-order valence-electron chi connectivity index (χ3n) is 4.06. The van der Waals surface area contributed by atoms with Crippen molar-refractivity contribution < 1.29 is 14.3 Å². The molecule has 0 atom stereocenters. The van der Waals surface area contributed by atoms with E-state index in [4.69, 9.17) is 9.47 Å². The van der Waals surface area contributed by atoms with Crippen LogP contribution >= 0.6 is 0 Å². The van der Waals surface area contributed by atoms with Crippen LogP contribution in [0.1, 0.15) is 36.8 Å². The van der Waals surface area contributed by atoms with Gasteiger partial charge in [0.2, 0.25) is 5.90 Å². The number of nitrogens with zero attached hydrogens (tertiary/aromatic N) is 1. The number of carbonyl (C=O) groups excluding carboxylic acids is 1. The van der Waals surface area contributed by atoms with Gasteiger partial charge in [0.15, 0.2) is 5.70 Å². The summed E-state index contributed by atoms with van der Waals surface area (Å²) in [5, 5.41) is 0. The number of hydrogen-bond acceptors (Lipinski definition) is 4. The molecule has 1 aliphatic carbocycles. The first kappa shape index (κ1) is 13.9. The van der Waals surface area contributed by atoms with Crippen LogP contribution in [0.3, 0.4) is 0 Å². The van der Waals surface area contributed by atoms with E-state index in [1.807, 2.05) is 25.1 Å². The number of methoxy groups -OCH3 is 1. The molecule has 0 unspecified atom stereocenters. The van der Waals surface area contributed by atoms with Crippen LogP contribution in [-0.4, -0.2) is 19.0 Å². The first-order valence-electron chi connectivity index (χ1n) is 7.34. The largest absolute Gasteiger partial charge is 0.496 e. The molecule has 0 N–H and O–H groups in total. The Bertz CT molecular complexity index is 625. The Morgan fingerprint density at radius 3 is 2.76 bits per heavy atom. The molecule has 0 saturated heterocycles. The molecule has 3 rings (SSSR count). The minimum absolute atomic E-state index is 0.317. The van der Waals surface area contributed by atoms with Crippen molar-refractivity contribution >= 4 is 17.9 Å². The van der Waals surface area contributed by atoms with E-state index in [0.29, 0.717) is 17.5 Å². The molecule has 0 bridgehead atoms. The summed E-state index contributed by atoms with van der Waals surface area (Å²) in [4.78, 5) is 16.3. The fraction of sp³-hybridized carbons (Fsp3) is 0.412. The van der Waals surface area contributed by atoms with Crippen LogP contribution in [0.25, 0.3) is 6.08 Å². The topological polar surface area (TPSA) is 47.9 Å². The normalized spacial score (nSPS) is 20.8. The lowest BCUT2D eigenvalue weighted by molar-refractivity contribution is -0.130. The van der Waals surface area contributed by atoms with E-state index in [0.717, 1.165) is 29.7 Å². The van der Waals surface area contributed by atoms with Crippen LogP contribution in [0.5, 0.6) is 5.75 Å². The molecule has 1 aliphatic heterocycles. The Kier molecular flexibility index (Phi) is 3.78. The molecule has 0 amide bonds. The van der Waals surface area contributed by atoms with Gasteiger partial charge in [-0.1, -0.05) is 18.9 Å². The van der Waals surface area contributed by atoms with Crippen molar-refractivity contribution in [3.8, 4) is 5.75 Å². The summed E-state index contributed by atoms with van der Waals surface area (Å²) in [5.41, 5.74) is 2.34. The molecule has 1 aromatic rings. The summed E-state index contributed by atoms with van der Waals surface area (Å²) in [6, 6.07) is 5.78. The van der Waals surface area contributed by atoms with Gasteiger partial charge in [-0.25, -0.2) is 9.79 Å². The average molecular weight is 285 g/mol. The third kappa shape index (κ3) is 2.84. The van der Waals surface area contributed by atoms with Crippen LogP contribution in [-0.2, 0) is 9.53 Å². The Morgan fingerprint density at radius 2 is 2.10 bits per heavy atom. The predicted molar refractivity (Wildman–Crippen MR) is 81.2 cm³/mol. The first-order valence-corrected chi connectivity index (χ1v) is 7.34. The molecule has 4 nitrogen and oxygen atoms in total. The van der Waals surface area contributed by atoms with Crippen LogP contribution in [0.15, 0.2) is 28.9 Å². The molecule has 1 aromatic carbocycles. The Hall–Kier alpha value is -2.10. The van der Waals surface area contributed by atoms with Crippen LogP contribution in [0.4, 0.5) is 0 Å². The average Bonchev–Trinajstić information content (AvgIpc) is 3.10. The molecule has 1 heterocycles. The van der Waals surface area contributed by atoms with E-state index in [9.17, 15) is 4.79 Å². The first-order chi connectivity index (χ1) is 10.2. The summed E-state index contributed by atoms with van der Waals surface area (Å²) in [5.74, 6) is 1.41. The molecule has 1 saturated carbocycles. The van der Waals surface area contributed by atoms with Crippen molar-refractivity contribution in [3.63, 3.8) is 0 Å². The van der Waals surface area contributed by atoms with Crippen molar-refractivity contribution in [2.75, 3.05) is 7.11 Å². The zero-order chi connectivity index (χ0) is 14.8. The maximum absolute atomic E-state index is 11.9. The van der Waals surface area contributed by atoms with Gasteiger partial charge in [0.1, 0.15) is 5.75 Å². The number of rotatable bonds is 3. The van der Waals surface area contributed by atoms with E-state index < -0.39 is 0 Å². The summed E-state index contributed by atoms with van der Waals surface area (Å²) >= 11 is 0. The maximum Gasteiger partial charge on any atom is 0.363 e. The van der Waals surface area contributed by atoms with Crippen LogP contribution < -0.4 is 4.74 Å². The van der Waals surface area contributed by atoms with E-state index in [1.54, 1.807) is 13.2 Å². The standard InChI is InChI=1S/C17H19NO3/c1-11-9-12(7-8-15(11)20-2)10-14-17(19)21-16(18-14)13-5-3-4-6-13/h7-10,13H,3-6H2,1-2H3/b14-10+. The van der Waals surface area contributed by atoms with E-state index in [2.05, 4.69) is 4.99 Å². The monoisotopic (exact) mass is 285 g/mol. The highest BCUT2D eigenvalue weighted by Crippen LogP contribution is 2.30. The van der Waals surface area contributed by atoms with Gasteiger partial charge in [-0.2, -0.15) is 0 Å². The molecular weight excluding hydrogens is 266 g/mol. The molecule has 0 spiro atoms. The summed E-state index contributed by atoms with van der Waals surface area (Å²) in [6.07, 6.45) is 6.30. The number of benzene rings is 1. The van der Waals surface area contributed by atoms with E-state index in [-0.39, 0.29) is 5.97 Å². The second kappa shape index (κ2) is 5.72. The van der Waals surface area contributed by atoms with Gasteiger partial charge in [0, 0.05) is 5.92 Å². The van der Waals surface area contributed by atoms with Gasteiger partial charge >= 0.3 is 5.97 Å². The maximum atomic E-state index is 11.9. The SMILES string of the molecule is COc1ccc(/C=C2/N=C(C3CCCC3)OC2=O)cc1C. The minimum atomic E-state index is -0.342. The quantitative estimate of drug-likeness (QED) is 0.631. The fourth-order valence-corrected chi connectivity index (χ4v) is 2.92. The molecule has 110 valence electrons. The number of ether oxygens (including phenoxy) is 2. The Morgan fingerprint density at radius 1 is 1.33 bits per heavy atom. The number of hydrogen-bond donors (Lipinski definition) is 0. The van der Waals surface area contributed by atoms with Gasteiger partial charge in [-0.15, -0.1) is 0 Å². The smallest absolute Gasteiger partial charge is 0.363 e. The fourth-order valence-electron chi connectivity index (χ4n) is 2.92. The molecule has 4 heteroatoms. The Labute approximate surface area is 124 Å². The van der Waals surface area contributed by atoms with E-state index >= 15 is 0 Å². The second-order valence-electron chi connectivity index (χ2n) is 5.58. The Balaban J connectivity index is 1.85. The molecule has 2 aliphatic rings. The molecule has 0 radical (unpaired) electrons. The zero-order valence-corrected chi connectivity index (χ0v) is 12.4.